The predicted octanol–water partition coefficient (Wildman–Crippen LogP) is 1.81. The lowest BCUT2D eigenvalue weighted by atomic mass is 10.1. The number of aryl methyl sites for hydroxylation is 1. The first-order valence-corrected chi connectivity index (χ1v) is 6.17. The van der Waals surface area contributed by atoms with Crippen LogP contribution in [0.25, 0.3) is 0 Å². The highest BCUT2D eigenvalue weighted by molar-refractivity contribution is 5.81. The first kappa shape index (κ1) is 12.6. The normalized spacial score (nSPS) is 14.6. The second-order valence-electron chi connectivity index (χ2n) is 4.54. The molecule has 0 bridgehead atoms. The Morgan fingerprint density at radius 2 is 2.11 bits per heavy atom. The van der Waals surface area contributed by atoms with Crippen LogP contribution in [0.5, 0.6) is 5.75 Å². The Balaban J connectivity index is 1.97. The summed E-state index contributed by atoms with van der Waals surface area (Å²) in [6, 6.07) is 5.35. The molecule has 0 saturated carbocycles. The van der Waals surface area contributed by atoms with Crippen molar-refractivity contribution in [1.29, 1.82) is 0 Å². The van der Waals surface area contributed by atoms with Crippen LogP contribution in [0.4, 0.5) is 0 Å². The van der Waals surface area contributed by atoms with Crippen LogP contribution in [-0.2, 0) is 4.79 Å². The lowest BCUT2D eigenvalue weighted by Gasteiger charge is -2.16. The molecule has 18 heavy (non-hydrogen) atoms. The zero-order chi connectivity index (χ0) is 13.0. The molecule has 1 amide bonds. The molecule has 1 aliphatic heterocycles. The molecule has 4 nitrogen and oxygen atoms in total. The number of amides is 1. The van der Waals surface area contributed by atoms with Gasteiger partial charge in [0.1, 0.15) is 5.75 Å². The Morgan fingerprint density at radius 1 is 1.39 bits per heavy atom. The molecule has 0 spiro atoms. The second-order valence-corrected chi connectivity index (χ2v) is 4.54. The molecule has 2 rings (SSSR count). The minimum Gasteiger partial charge on any atom is -0.483 e. The maximum atomic E-state index is 11.8. The number of ether oxygens (including phenoxy) is 1. The van der Waals surface area contributed by atoms with Gasteiger partial charge >= 0.3 is 0 Å². The van der Waals surface area contributed by atoms with Crippen molar-refractivity contribution in [3.63, 3.8) is 0 Å². The van der Waals surface area contributed by atoms with Crippen LogP contribution in [-0.4, -0.2) is 36.8 Å². The number of benzene rings is 1. The van der Waals surface area contributed by atoms with Gasteiger partial charge < -0.3 is 9.64 Å². The summed E-state index contributed by atoms with van der Waals surface area (Å²) in [5.41, 5.74) is 1.49. The van der Waals surface area contributed by atoms with Gasteiger partial charge in [0, 0.05) is 13.1 Å². The van der Waals surface area contributed by atoms with Gasteiger partial charge in [-0.2, -0.15) is 0 Å². The van der Waals surface area contributed by atoms with Crippen molar-refractivity contribution in [2.75, 3.05) is 19.7 Å². The highest BCUT2D eigenvalue weighted by atomic mass is 16.5. The molecule has 4 heteroatoms. The predicted molar refractivity (Wildman–Crippen MR) is 67.9 cm³/mol. The van der Waals surface area contributed by atoms with E-state index in [1.54, 1.807) is 17.0 Å². The Bertz CT molecular complexity index is 450. The van der Waals surface area contributed by atoms with E-state index >= 15 is 0 Å². The van der Waals surface area contributed by atoms with E-state index in [0.717, 1.165) is 37.8 Å². The smallest absolute Gasteiger partial charge is 0.260 e. The maximum Gasteiger partial charge on any atom is 0.260 e. The molecule has 0 radical (unpaired) electrons. The van der Waals surface area contributed by atoms with Crippen LogP contribution in [0.1, 0.15) is 28.8 Å². The molecule has 0 N–H and O–H groups in total. The number of carbonyl (C=O) groups is 2. The first-order valence-electron chi connectivity index (χ1n) is 6.17. The maximum absolute atomic E-state index is 11.8. The van der Waals surface area contributed by atoms with E-state index in [1.807, 2.05) is 13.0 Å². The second kappa shape index (κ2) is 5.67. The summed E-state index contributed by atoms with van der Waals surface area (Å²) in [6.45, 7) is 3.54. The van der Waals surface area contributed by atoms with Gasteiger partial charge in [-0.1, -0.05) is 11.6 Å². The van der Waals surface area contributed by atoms with Gasteiger partial charge in [-0.25, -0.2) is 0 Å². The molecule has 1 aromatic rings. The van der Waals surface area contributed by atoms with Crippen LogP contribution in [0.2, 0.25) is 0 Å². The molecule has 0 atom stereocenters. The Labute approximate surface area is 107 Å². The van der Waals surface area contributed by atoms with Crippen molar-refractivity contribution in [2.45, 2.75) is 19.8 Å². The molecule has 0 aromatic heterocycles. The van der Waals surface area contributed by atoms with Crippen molar-refractivity contribution in [1.82, 2.24) is 4.90 Å². The standard InChI is InChI=1S/C14H17NO3/c1-11-4-5-13(12(8-11)9-16)18-10-14(17)15-6-2-3-7-15/h4-5,8-9H,2-3,6-7,10H2,1H3. The van der Waals surface area contributed by atoms with E-state index in [4.69, 9.17) is 4.74 Å². The fourth-order valence-electron chi connectivity index (χ4n) is 2.09. The van der Waals surface area contributed by atoms with Gasteiger partial charge in [0.2, 0.25) is 0 Å². The lowest BCUT2D eigenvalue weighted by molar-refractivity contribution is -0.132. The summed E-state index contributed by atoms with van der Waals surface area (Å²) in [4.78, 5) is 24.5. The number of nitrogens with zero attached hydrogens (tertiary/aromatic N) is 1. The number of rotatable bonds is 4. The fraction of sp³-hybridized carbons (Fsp3) is 0.429. The van der Waals surface area contributed by atoms with Crippen LogP contribution < -0.4 is 4.74 Å². The third-order valence-electron chi connectivity index (χ3n) is 3.10. The number of likely N-dealkylation sites (tertiary alicyclic amines) is 1. The third kappa shape index (κ3) is 2.88. The summed E-state index contributed by atoms with van der Waals surface area (Å²) in [7, 11) is 0. The number of hydrogen-bond acceptors (Lipinski definition) is 3. The molecule has 1 aliphatic rings. The quantitative estimate of drug-likeness (QED) is 0.762. The summed E-state index contributed by atoms with van der Waals surface area (Å²) in [6.07, 6.45) is 2.88. The average molecular weight is 247 g/mol. The largest absolute Gasteiger partial charge is 0.483 e. The molecule has 0 aliphatic carbocycles. The van der Waals surface area contributed by atoms with E-state index in [-0.39, 0.29) is 12.5 Å². The molecule has 1 saturated heterocycles. The summed E-state index contributed by atoms with van der Waals surface area (Å²) in [5.74, 6) is 0.466. The number of hydrogen-bond donors (Lipinski definition) is 0. The van der Waals surface area contributed by atoms with Crippen LogP contribution in [0, 0.1) is 6.92 Å². The number of carbonyl (C=O) groups excluding carboxylic acids is 2. The monoisotopic (exact) mass is 247 g/mol. The molecule has 1 aromatic carbocycles. The van der Waals surface area contributed by atoms with Crippen LogP contribution in [0.3, 0.4) is 0 Å². The van der Waals surface area contributed by atoms with Gasteiger partial charge in [-0.15, -0.1) is 0 Å². The number of aldehydes is 1. The SMILES string of the molecule is Cc1ccc(OCC(=O)N2CCCC2)c(C=O)c1. The third-order valence-corrected chi connectivity index (χ3v) is 3.10. The highest BCUT2D eigenvalue weighted by Crippen LogP contribution is 2.18. The van der Waals surface area contributed by atoms with E-state index in [1.165, 1.54) is 0 Å². The topological polar surface area (TPSA) is 46.6 Å². The fourth-order valence-corrected chi connectivity index (χ4v) is 2.09. The summed E-state index contributed by atoms with van der Waals surface area (Å²) >= 11 is 0. The Morgan fingerprint density at radius 3 is 2.78 bits per heavy atom. The molecular weight excluding hydrogens is 230 g/mol. The molecule has 96 valence electrons. The van der Waals surface area contributed by atoms with E-state index in [0.29, 0.717) is 11.3 Å². The van der Waals surface area contributed by atoms with Crippen molar-refractivity contribution in [3.05, 3.63) is 29.3 Å². The highest BCUT2D eigenvalue weighted by Gasteiger charge is 2.18. The first-order chi connectivity index (χ1) is 8.70. The minimum absolute atomic E-state index is 0.00387. The molecule has 0 unspecified atom stereocenters. The van der Waals surface area contributed by atoms with Crippen LogP contribution in [0.15, 0.2) is 18.2 Å². The van der Waals surface area contributed by atoms with E-state index < -0.39 is 0 Å². The molecule has 1 heterocycles. The van der Waals surface area contributed by atoms with Gasteiger partial charge in [-0.3, -0.25) is 9.59 Å². The van der Waals surface area contributed by atoms with Gasteiger partial charge in [0.05, 0.1) is 5.56 Å². The van der Waals surface area contributed by atoms with E-state index in [9.17, 15) is 9.59 Å². The van der Waals surface area contributed by atoms with Crippen molar-refractivity contribution >= 4 is 12.2 Å². The van der Waals surface area contributed by atoms with Crippen molar-refractivity contribution in [2.24, 2.45) is 0 Å². The lowest BCUT2D eigenvalue weighted by Crippen LogP contribution is -2.32. The average Bonchev–Trinajstić information content (AvgIpc) is 2.90. The summed E-state index contributed by atoms with van der Waals surface area (Å²) in [5, 5.41) is 0. The Hall–Kier alpha value is -1.84. The van der Waals surface area contributed by atoms with Crippen molar-refractivity contribution < 1.29 is 14.3 Å². The zero-order valence-corrected chi connectivity index (χ0v) is 10.5. The summed E-state index contributed by atoms with van der Waals surface area (Å²) < 4.78 is 5.43. The van der Waals surface area contributed by atoms with Crippen molar-refractivity contribution in [3.8, 4) is 5.75 Å². The zero-order valence-electron chi connectivity index (χ0n) is 10.5. The Kier molecular flexibility index (Phi) is 3.97. The minimum atomic E-state index is -0.00933. The van der Waals surface area contributed by atoms with Gasteiger partial charge in [-0.05, 0) is 31.9 Å². The molecular formula is C14H17NO3. The molecule has 1 fully saturated rings. The van der Waals surface area contributed by atoms with Gasteiger partial charge in [0.25, 0.3) is 5.91 Å². The van der Waals surface area contributed by atoms with E-state index in [2.05, 4.69) is 0 Å². The van der Waals surface area contributed by atoms with Crippen LogP contribution >= 0.6 is 0 Å². The van der Waals surface area contributed by atoms with Gasteiger partial charge in [0.15, 0.2) is 12.9 Å².